The molecule has 9 nitrogen and oxygen atoms in total. The predicted octanol–water partition coefficient (Wildman–Crippen LogP) is 2.17. The molecule has 5 rings (SSSR count). The Hall–Kier alpha value is -4.16. The quantitative estimate of drug-likeness (QED) is 0.327. The minimum Gasteiger partial charge on any atom is -0.361 e. The summed E-state index contributed by atoms with van der Waals surface area (Å²) in [6, 6.07) is 12.6. The van der Waals surface area contributed by atoms with E-state index in [4.69, 9.17) is 4.74 Å². The van der Waals surface area contributed by atoms with E-state index in [1.165, 1.54) is 18.3 Å². The summed E-state index contributed by atoms with van der Waals surface area (Å²) >= 11 is 0. The molecule has 3 heterocycles. The summed E-state index contributed by atoms with van der Waals surface area (Å²) in [6.45, 7) is 0.351. The normalized spacial score (nSPS) is 21.0. The second-order valence-electron chi connectivity index (χ2n) is 9.46. The minimum absolute atomic E-state index is 0.0230. The van der Waals surface area contributed by atoms with E-state index in [1.807, 2.05) is 30.3 Å². The third-order valence-corrected chi connectivity index (χ3v) is 6.78. The van der Waals surface area contributed by atoms with Crippen LogP contribution in [0.5, 0.6) is 0 Å². The van der Waals surface area contributed by atoms with Gasteiger partial charge in [-0.2, -0.15) is 0 Å². The number of hydrogen-bond donors (Lipinski definition) is 4. The smallest absolute Gasteiger partial charge is 0.315 e. The molecular formula is C27H26F3N5O4. The fraction of sp³-hybridized carbons (Fsp3) is 0.296. The Morgan fingerprint density at radius 1 is 1.03 bits per heavy atom. The molecule has 3 aromatic rings. The van der Waals surface area contributed by atoms with Crippen LogP contribution in [-0.2, 0) is 11.3 Å². The van der Waals surface area contributed by atoms with Gasteiger partial charge >= 0.3 is 6.03 Å². The zero-order valence-corrected chi connectivity index (χ0v) is 20.6. The van der Waals surface area contributed by atoms with E-state index in [0.29, 0.717) is 13.0 Å². The third-order valence-electron chi connectivity index (χ3n) is 6.78. The molecule has 1 aromatic heterocycles. The van der Waals surface area contributed by atoms with Crippen molar-refractivity contribution >= 4 is 11.9 Å². The van der Waals surface area contributed by atoms with Crippen LogP contribution < -0.4 is 26.8 Å². The molecule has 2 aliphatic heterocycles. The van der Waals surface area contributed by atoms with E-state index in [9.17, 15) is 27.6 Å². The van der Waals surface area contributed by atoms with Gasteiger partial charge in [0.1, 0.15) is 11.8 Å². The minimum atomic E-state index is -1.60. The maximum atomic E-state index is 13.6. The number of aromatic nitrogens is 1. The van der Waals surface area contributed by atoms with Crippen molar-refractivity contribution in [1.29, 1.82) is 0 Å². The number of benzene rings is 2. The van der Waals surface area contributed by atoms with Gasteiger partial charge in [0.05, 0.1) is 31.3 Å². The standard InChI is InChI=1S/C27H26F3N5O4/c28-18-9-15(10-19(29)24(18)30)13-35-8-4-7-17(26(35)37)25(36)32-22(16-5-2-1-3-6-16)14-39-23-11-20-21(12-31-23)34-27(38)33-20/h1-10,20-23,31H,11-14H2,(H,32,36)(H2,33,34,38)/t20?,21?,22-,23?/m0/s1. The van der Waals surface area contributed by atoms with Crippen molar-refractivity contribution in [2.24, 2.45) is 0 Å². The Morgan fingerprint density at radius 2 is 1.74 bits per heavy atom. The highest BCUT2D eigenvalue weighted by Gasteiger charge is 2.37. The first-order chi connectivity index (χ1) is 18.8. The molecule has 2 fully saturated rings. The number of hydrogen-bond acceptors (Lipinski definition) is 5. The first kappa shape index (κ1) is 26.4. The number of fused-ring (bicyclic) bond motifs is 1. The zero-order chi connectivity index (χ0) is 27.5. The van der Waals surface area contributed by atoms with Gasteiger partial charge in [-0.15, -0.1) is 0 Å². The summed E-state index contributed by atoms with van der Waals surface area (Å²) in [5.41, 5.74) is -0.0846. The summed E-state index contributed by atoms with van der Waals surface area (Å²) in [5.74, 6) is -4.99. The second kappa shape index (κ2) is 11.3. The molecule has 12 heteroatoms. The van der Waals surface area contributed by atoms with Gasteiger partial charge in [-0.3, -0.25) is 14.9 Å². The highest BCUT2D eigenvalue weighted by Crippen LogP contribution is 2.19. The molecule has 0 aliphatic carbocycles. The number of urea groups is 1. The third kappa shape index (κ3) is 5.96. The van der Waals surface area contributed by atoms with Crippen molar-refractivity contribution in [3.8, 4) is 0 Å². The van der Waals surface area contributed by atoms with Gasteiger partial charge in [-0.25, -0.2) is 18.0 Å². The fourth-order valence-electron chi connectivity index (χ4n) is 4.78. The van der Waals surface area contributed by atoms with Crippen molar-refractivity contribution in [2.75, 3.05) is 13.2 Å². The number of nitrogens with one attached hydrogen (secondary N) is 4. The van der Waals surface area contributed by atoms with Crippen LogP contribution in [0.15, 0.2) is 65.6 Å². The van der Waals surface area contributed by atoms with Crippen LogP contribution in [0.25, 0.3) is 0 Å². The van der Waals surface area contributed by atoms with Crippen LogP contribution >= 0.6 is 0 Å². The Kier molecular flexibility index (Phi) is 7.66. The van der Waals surface area contributed by atoms with Gasteiger partial charge in [0.15, 0.2) is 17.5 Å². The van der Waals surface area contributed by atoms with Crippen LogP contribution in [-0.4, -0.2) is 48.0 Å². The molecule has 4 atom stereocenters. The van der Waals surface area contributed by atoms with E-state index in [1.54, 1.807) is 0 Å². The summed E-state index contributed by atoms with van der Waals surface area (Å²) in [6.07, 6.45) is 1.54. The summed E-state index contributed by atoms with van der Waals surface area (Å²) in [5, 5.41) is 11.8. The van der Waals surface area contributed by atoms with Crippen molar-refractivity contribution < 1.29 is 27.5 Å². The van der Waals surface area contributed by atoms with Crippen LogP contribution in [0.4, 0.5) is 18.0 Å². The number of rotatable bonds is 8. The molecule has 0 bridgehead atoms. The highest BCUT2D eigenvalue weighted by molar-refractivity contribution is 5.94. The SMILES string of the molecule is O=C1NC2CNC(OC[C@H](NC(=O)c3cccn(Cc4cc(F)c(F)c(F)c4)c3=O)c3ccccc3)CC2N1. The number of amides is 3. The monoisotopic (exact) mass is 541 g/mol. The van der Waals surface area contributed by atoms with E-state index >= 15 is 0 Å². The summed E-state index contributed by atoms with van der Waals surface area (Å²) < 4.78 is 47.8. The lowest BCUT2D eigenvalue weighted by Gasteiger charge is -2.32. The van der Waals surface area contributed by atoms with E-state index < -0.39 is 35.0 Å². The van der Waals surface area contributed by atoms with Crippen LogP contribution in [0, 0.1) is 17.5 Å². The lowest BCUT2D eigenvalue weighted by molar-refractivity contribution is -0.00730. The molecule has 2 aromatic carbocycles. The maximum absolute atomic E-state index is 13.6. The topological polar surface area (TPSA) is 113 Å². The van der Waals surface area contributed by atoms with Gasteiger partial charge in [0.25, 0.3) is 11.5 Å². The largest absolute Gasteiger partial charge is 0.361 e. The Bertz CT molecular complexity index is 1410. The average molecular weight is 542 g/mol. The maximum Gasteiger partial charge on any atom is 0.315 e. The number of nitrogens with zero attached hydrogens (tertiary/aromatic N) is 1. The number of carbonyl (C=O) groups is 2. The van der Waals surface area contributed by atoms with E-state index in [0.717, 1.165) is 22.3 Å². The molecule has 4 N–H and O–H groups in total. The van der Waals surface area contributed by atoms with Gasteiger partial charge in [-0.1, -0.05) is 30.3 Å². The number of carbonyl (C=O) groups excluding carboxylic acids is 2. The Labute approximate surface area is 221 Å². The van der Waals surface area contributed by atoms with Crippen LogP contribution in [0.2, 0.25) is 0 Å². The van der Waals surface area contributed by atoms with E-state index in [-0.39, 0.29) is 48.6 Å². The lowest BCUT2D eigenvalue weighted by atomic mass is 10.0. The highest BCUT2D eigenvalue weighted by atomic mass is 19.2. The molecule has 2 saturated heterocycles. The predicted molar refractivity (Wildman–Crippen MR) is 134 cm³/mol. The molecule has 0 spiro atoms. The molecule has 3 unspecified atom stereocenters. The summed E-state index contributed by atoms with van der Waals surface area (Å²) in [4.78, 5) is 37.9. The van der Waals surface area contributed by atoms with Gasteiger partial charge in [-0.05, 0) is 35.4 Å². The second-order valence-corrected chi connectivity index (χ2v) is 9.46. The van der Waals surface area contributed by atoms with E-state index in [2.05, 4.69) is 21.3 Å². The van der Waals surface area contributed by atoms with Gasteiger partial charge in [0.2, 0.25) is 0 Å². The van der Waals surface area contributed by atoms with Gasteiger partial charge in [0, 0.05) is 19.2 Å². The molecule has 39 heavy (non-hydrogen) atoms. The molecule has 3 amide bonds. The lowest BCUT2D eigenvalue weighted by Crippen LogP contribution is -2.54. The van der Waals surface area contributed by atoms with Crippen molar-refractivity contribution in [3.63, 3.8) is 0 Å². The first-order valence-corrected chi connectivity index (χ1v) is 12.4. The molecule has 0 radical (unpaired) electrons. The first-order valence-electron chi connectivity index (χ1n) is 12.4. The number of piperidine rings is 1. The van der Waals surface area contributed by atoms with Gasteiger partial charge < -0.3 is 25.3 Å². The number of pyridine rings is 1. The number of halogens is 3. The van der Waals surface area contributed by atoms with Crippen molar-refractivity contribution in [3.05, 3.63) is 105 Å². The van der Waals surface area contributed by atoms with Crippen molar-refractivity contribution in [2.45, 2.75) is 37.3 Å². The Morgan fingerprint density at radius 3 is 2.49 bits per heavy atom. The van der Waals surface area contributed by atoms with Crippen LogP contribution in [0.1, 0.15) is 33.9 Å². The fourth-order valence-corrected chi connectivity index (χ4v) is 4.78. The molecule has 2 aliphatic rings. The van der Waals surface area contributed by atoms with Crippen LogP contribution in [0.3, 0.4) is 0 Å². The zero-order valence-electron chi connectivity index (χ0n) is 20.6. The molecular weight excluding hydrogens is 515 g/mol. The molecule has 0 saturated carbocycles. The Balaban J connectivity index is 1.30. The number of ether oxygens (including phenoxy) is 1. The molecule has 204 valence electrons. The van der Waals surface area contributed by atoms with Crippen molar-refractivity contribution in [1.82, 2.24) is 25.8 Å². The average Bonchev–Trinajstić information content (AvgIpc) is 3.30. The summed E-state index contributed by atoms with van der Waals surface area (Å²) in [7, 11) is 0.